The molecule has 66 valence electrons. The Morgan fingerprint density at radius 1 is 1.50 bits per heavy atom. The van der Waals surface area contributed by atoms with E-state index in [1.807, 2.05) is 25.1 Å². The Balaban J connectivity index is 2.96. The number of aliphatic hydroxyl groups is 1. The maximum atomic E-state index is 9.20. The van der Waals surface area contributed by atoms with Crippen LogP contribution in [0.2, 0.25) is 5.02 Å². The van der Waals surface area contributed by atoms with E-state index >= 15 is 0 Å². The van der Waals surface area contributed by atoms with Crippen molar-refractivity contribution in [2.24, 2.45) is 0 Å². The molecular weight excluding hydrogens is 172 g/mol. The first-order valence-electron chi connectivity index (χ1n) is 4.03. The summed E-state index contributed by atoms with van der Waals surface area (Å²) in [6.45, 7) is 3.77. The van der Waals surface area contributed by atoms with Gasteiger partial charge >= 0.3 is 0 Å². The summed E-state index contributed by atoms with van der Waals surface area (Å²) in [7, 11) is 0. The van der Waals surface area contributed by atoms with Crippen LogP contribution in [-0.4, -0.2) is 11.2 Å². The van der Waals surface area contributed by atoms with E-state index in [1.54, 1.807) is 6.92 Å². The van der Waals surface area contributed by atoms with Gasteiger partial charge in [-0.05, 0) is 37.5 Å². The van der Waals surface area contributed by atoms with Crippen LogP contribution in [0.1, 0.15) is 18.1 Å². The molecular formula is C10H13ClO. The van der Waals surface area contributed by atoms with Crippen molar-refractivity contribution >= 4 is 11.6 Å². The molecule has 1 aromatic carbocycles. The number of hydrogen-bond donors (Lipinski definition) is 1. The molecule has 0 radical (unpaired) electrons. The van der Waals surface area contributed by atoms with Gasteiger partial charge in [0, 0.05) is 5.02 Å². The van der Waals surface area contributed by atoms with Gasteiger partial charge in [0.2, 0.25) is 0 Å². The maximum Gasteiger partial charge on any atom is 0.0553 e. The third-order valence-corrected chi connectivity index (χ3v) is 2.21. The van der Waals surface area contributed by atoms with Gasteiger partial charge in [0.05, 0.1) is 6.10 Å². The molecule has 0 aromatic heterocycles. The third kappa shape index (κ3) is 2.23. The van der Waals surface area contributed by atoms with Crippen LogP contribution in [0.4, 0.5) is 0 Å². The highest BCUT2D eigenvalue weighted by Gasteiger charge is 2.05. The molecule has 0 fully saturated rings. The minimum atomic E-state index is -0.330. The summed E-state index contributed by atoms with van der Waals surface area (Å²) >= 11 is 5.96. The summed E-state index contributed by atoms with van der Waals surface area (Å²) in [5.74, 6) is 0. The number of rotatable bonds is 2. The van der Waals surface area contributed by atoms with Crippen molar-refractivity contribution in [2.75, 3.05) is 0 Å². The highest BCUT2D eigenvalue weighted by Crippen LogP contribution is 2.20. The van der Waals surface area contributed by atoms with Gasteiger partial charge in [-0.1, -0.05) is 23.7 Å². The zero-order chi connectivity index (χ0) is 9.14. The van der Waals surface area contributed by atoms with Crippen molar-refractivity contribution in [1.82, 2.24) is 0 Å². The molecule has 0 saturated heterocycles. The van der Waals surface area contributed by atoms with E-state index in [1.165, 1.54) is 0 Å². The average Bonchev–Trinajstić information content (AvgIpc) is 1.97. The van der Waals surface area contributed by atoms with Crippen LogP contribution in [0.15, 0.2) is 18.2 Å². The second-order valence-electron chi connectivity index (χ2n) is 3.09. The largest absolute Gasteiger partial charge is 0.393 e. The molecule has 1 N–H and O–H groups in total. The van der Waals surface area contributed by atoms with Gasteiger partial charge < -0.3 is 5.11 Å². The Hall–Kier alpha value is -0.530. The first-order valence-corrected chi connectivity index (χ1v) is 4.41. The zero-order valence-corrected chi connectivity index (χ0v) is 8.10. The van der Waals surface area contributed by atoms with E-state index in [9.17, 15) is 5.11 Å². The summed E-state index contributed by atoms with van der Waals surface area (Å²) in [5.41, 5.74) is 2.19. The molecule has 0 spiro atoms. The number of halogens is 1. The highest BCUT2D eigenvalue weighted by atomic mass is 35.5. The van der Waals surface area contributed by atoms with E-state index in [4.69, 9.17) is 11.6 Å². The Morgan fingerprint density at radius 2 is 2.17 bits per heavy atom. The van der Waals surface area contributed by atoms with Crippen molar-refractivity contribution in [3.8, 4) is 0 Å². The Labute approximate surface area is 78.0 Å². The first-order chi connectivity index (χ1) is 5.61. The smallest absolute Gasteiger partial charge is 0.0553 e. The fourth-order valence-corrected chi connectivity index (χ4v) is 1.52. The van der Waals surface area contributed by atoms with Gasteiger partial charge in [0.1, 0.15) is 0 Å². The molecule has 1 atom stereocenters. The van der Waals surface area contributed by atoms with Gasteiger partial charge in [-0.3, -0.25) is 0 Å². The van der Waals surface area contributed by atoms with Crippen LogP contribution in [0.3, 0.4) is 0 Å². The molecule has 0 aliphatic heterocycles. The molecule has 1 nitrogen and oxygen atoms in total. The van der Waals surface area contributed by atoms with E-state index < -0.39 is 0 Å². The molecule has 0 amide bonds. The lowest BCUT2D eigenvalue weighted by Crippen LogP contribution is -2.06. The molecule has 0 aliphatic rings. The number of hydrogen-bond acceptors (Lipinski definition) is 1. The average molecular weight is 185 g/mol. The molecule has 0 bridgehead atoms. The molecule has 1 aromatic rings. The zero-order valence-electron chi connectivity index (χ0n) is 7.34. The third-order valence-electron chi connectivity index (χ3n) is 1.85. The lowest BCUT2D eigenvalue weighted by atomic mass is 10.0. The van der Waals surface area contributed by atoms with Gasteiger partial charge in [-0.25, -0.2) is 0 Å². The number of aliphatic hydroxyl groups excluding tert-OH is 1. The fourth-order valence-electron chi connectivity index (χ4n) is 1.22. The summed E-state index contributed by atoms with van der Waals surface area (Å²) in [6.07, 6.45) is 0.300. The summed E-state index contributed by atoms with van der Waals surface area (Å²) < 4.78 is 0. The van der Waals surface area contributed by atoms with Crippen LogP contribution in [0, 0.1) is 6.92 Å². The van der Waals surface area contributed by atoms with Crippen molar-refractivity contribution in [1.29, 1.82) is 0 Å². The van der Waals surface area contributed by atoms with Crippen LogP contribution in [0.5, 0.6) is 0 Å². The summed E-state index contributed by atoms with van der Waals surface area (Å²) in [4.78, 5) is 0. The monoisotopic (exact) mass is 184 g/mol. The Kier molecular flexibility index (Phi) is 3.12. The maximum absolute atomic E-state index is 9.20. The molecule has 12 heavy (non-hydrogen) atoms. The lowest BCUT2D eigenvalue weighted by molar-refractivity contribution is 0.195. The number of aryl methyl sites for hydroxylation is 1. The molecule has 1 rings (SSSR count). The first kappa shape index (κ1) is 9.56. The van der Waals surface area contributed by atoms with Gasteiger partial charge in [-0.2, -0.15) is 0 Å². The standard InChI is InChI=1S/C10H13ClO/c1-7-4-3-5-10(11)9(7)6-8(2)12/h3-5,8,12H,6H2,1-2H3. The Morgan fingerprint density at radius 3 is 2.67 bits per heavy atom. The van der Waals surface area contributed by atoms with Crippen molar-refractivity contribution < 1.29 is 5.11 Å². The van der Waals surface area contributed by atoms with Crippen LogP contribution >= 0.6 is 11.6 Å². The molecule has 2 heteroatoms. The second-order valence-corrected chi connectivity index (χ2v) is 3.50. The summed E-state index contributed by atoms with van der Waals surface area (Å²) in [5, 5.41) is 9.94. The topological polar surface area (TPSA) is 20.2 Å². The van der Waals surface area contributed by atoms with Crippen LogP contribution in [-0.2, 0) is 6.42 Å². The van der Waals surface area contributed by atoms with E-state index in [2.05, 4.69) is 0 Å². The van der Waals surface area contributed by atoms with Crippen LogP contribution < -0.4 is 0 Å². The van der Waals surface area contributed by atoms with Gasteiger partial charge in [0.25, 0.3) is 0 Å². The highest BCUT2D eigenvalue weighted by molar-refractivity contribution is 6.31. The minimum Gasteiger partial charge on any atom is -0.393 e. The van der Waals surface area contributed by atoms with E-state index in [0.717, 1.165) is 16.1 Å². The van der Waals surface area contributed by atoms with Crippen molar-refractivity contribution in [3.63, 3.8) is 0 Å². The minimum absolute atomic E-state index is 0.330. The number of benzene rings is 1. The van der Waals surface area contributed by atoms with E-state index in [0.29, 0.717) is 6.42 Å². The predicted molar refractivity (Wildman–Crippen MR) is 51.6 cm³/mol. The molecule has 0 aliphatic carbocycles. The fraction of sp³-hybridized carbons (Fsp3) is 0.400. The lowest BCUT2D eigenvalue weighted by Gasteiger charge is -2.09. The molecule has 0 heterocycles. The van der Waals surface area contributed by atoms with Crippen molar-refractivity contribution in [3.05, 3.63) is 34.3 Å². The molecule has 1 unspecified atom stereocenters. The SMILES string of the molecule is Cc1cccc(Cl)c1CC(C)O. The second kappa shape index (κ2) is 3.92. The van der Waals surface area contributed by atoms with Crippen molar-refractivity contribution in [2.45, 2.75) is 26.4 Å². The summed E-state index contributed by atoms with van der Waals surface area (Å²) in [6, 6.07) is 5.78. The predicted octanol–water partition coefficient (Wildman–Crippen LogP) is 2.57. The van der Waals surface area contributed by atoms with E-state index in [-0.39, 0.29) is 6.10 Å². The Bertz CT molecular complexity index is 248. The van der Waals surface area contributed by atoms with Crippen LogP contribution in [0.25, 0.3) is 0 Å². The normalized spacial score (nSPS) is 13.0. The van der Waals surface area contributed by atoms with Gasteiger partial charge in [0.15, 0.2) is 0 Å². The molecule has 0 saturated carbocycles. The van der Waals surface area contributed by atoms with Gasteiger partial charge in [-0.15, -0.1) is 0 Å². The quantitative estimate of drug-likeness (QED) is 0.749.